The minimum atomic E-state index is -1.51. The summed E-state index contributed by atoms with van der Waals surface area (Å²) in [5.74, 6) is 0. The average molecular weight is 361 g/mol. The molecule has 0 aliphatic rings. The highest BCUT2D eigenvalue weighted by Gasteiger charge is 2.18. The van der Waals surface area contributed by atoms with Crippen LogP contribution in [-0.2, 0) is 0 Å². The van der Waals surface area contributed by atoms with Gasteiger partial charge in [-0.15, -0.1) is 0 Å². The Balaban J connectivity index is 2.11. The van der Waals surface area contributed by atoms with Crippen LogP contribution in [0.3, 0.4) is 0 Å². The van der Waals surface area contributed by atoms with Gasteiger partial charge in [0, 0.05) is 17.1 Å². The lowest BCUT2D eigenvalue weighted by atomic mass is 9.80. The van der Waals surface area contributed by atoms with Crippen molar-refractivity contribution >= 4 is 42.2 Å². The van der Waals surface area contributed by atoms with E-state index >= 15 is 0 Å². The molecule has 0 radical (unpaired) electrons. The van der Waals surface area contributed by atoms with Gasteiger partial charge >= 0.3 is 14.2 Å². The summed E-state index contributed by atoms with van der Waals surface area (Å²) < 4.78 is 0. The van der Waals surface area contributed by atoms with Crippen molar-refractivity contribution < 1.29 is 20.1 Å². The van der Waals surface area contributed by atoms with E-state index in [1.807, 2.05) is 55.1 Å². The van der Waals surface area contributed by atoms with Crippen LogP contribution in [0.15, 0.2) is 66.7 Å². The fourth-order valence-corrected chi connectivity index (χ4v) is 3.07. The Bertz CT molecular complexity index is 861. The Morgan fingerprint density at radius 1 is 0.630 bits per heavy atom. The normalized spacial score (nSPS) is 10.6. The maximum Gasteiger partial charge on any atom is 0.488 e. The minimum Gasteiger partial charge on any atom is -0.423 e. The zero-order chi connectivity index (χ0) is 19.6. The predicted octanol–water partition coefficient (Wildman–Crippen LogP) is 1.13. The number of anilines is 3. The van der Waals surface area contributed by atoms with E-state index in [4.69, 9.17) is 0 Å². The number of aryl methyl sites for hydroxylation is 2. The molecule has 27 heavy (non-hydrogen) atoms. The molecule has 0 spiro atoms. The molecular formula is C20H21B2NO4. The summed E-state index contributed by atoms with van der Waals surface area (Å²) in [5, 5.41) is 37.4. The third-order valence-corrected chi connectivity index (χ3v) is 4.49. The number of nitrogens with zero attached hydrogens (tertiary/aromatic N) is 1. The molecule has 0 aliphatic heterocycles. The number of benzene rings is 3. The van der Waals surface area contributed by atoms with Gasteiger partial charge in [0.2, 0.25) is 0 Å². The van der Waals surface area contributed by atoms with Crippen molar-refractivity contribution in [3.05, 3.63) is 77.9 Å². The quantitative estimate of drug-likeness (QED) is 0.513. The van der Waals surface area contributed by atoms with E-state index in [1.165, 1.54) is 0 Å². The van der Waals surface area contributed by atoms with Crippen LogP contribution in [0.4, 0.5) is 17.1 Å². The zero-order valence-corrected chi connectivity index (χ0v) is 15.2. The number of hydrogen-bond donors (Lipinski definition) is 4. The van der Waals surface area contributed by atoms with E-state index in [-0.39, 0.29) is 0 Å². The minimum absolute atomic E-state index is 0.415. The molecular weight excluding hydrogens is 340 g/mol. The molecule has 0 heterocycles. The largest absolute Gasteiger partial charge is 0.488 e. The summed E-state index contributed by atoms with van der Waals surface area (Å²) in [6, 6.07) is 20.1. The van der Waals surface area contributed by atoms with Crippen molar-refractivity contribution in [2.24, 2.45) is 0 Å². The van der Waals surface area contributed by atoms with E-state index < -0.39 is 14.2 Å². The highest BCUT2D eigenvalue weighted by atomic mass is 16.4. The van der Waals surface area contributed by atoms with E-state index in [0.29, 0.717) is 10.9 Å². The van der Waals surface area contributed by atoms with Crippen molar-refractivity contribution in [2.75, 3.05) is 4.90 Å². The molecule has 3 aromatic carbocycles. The standard InChI is InChI=1S/C20H21B2NO4/c1-14-3-12-20(15(2)13-14)23(18-8-4-16(5-9-18)21(24)25)19-10-6-17(7-11-19)22(26)27/h3-13,24-27H,1-2H3. The van der Waals surface area contributed by atoms with Crippen molar-refractivity contribution in [1.29, 1.82) is 0 Å². The first-order valence-electron chi connectivity index (χ1n) is 8.66. The molecule has 0 atom stereocenters. The molecule has 3 rings (SSSR count). The lowest BCUT2D eigenvalue weighted by Gasteiger charge is -2.27. The SMILES string of the molecule is Cc1ccc(N(c2ccc(B(O)O)cc2)c2ccc(B(O)O)cc2)c(C)c1. The highest BCUT2D eigenvalue weighted by molar-refractivity contribution is 6.59. The molecule has 3 aromatic rings. The van der Waals surface area contributed by atoms with Gasteiger partial charge in [-0.05, 0) is 60.7 Å². The monoisotopic (exact) mass is 361 g/mol. The van der Waals surface area contributed by atoms with Gasteiger partial charge in [-0.2, -0.15) is 0 Å². The molecule has 136 valence electrons. The van der Waals surface area contributed by atoms with Gasteiger partial charge in [-0.1, -0.05) is 42.0 Å². The van der Waals surface area contributed by atoms with Gasteiger partial charge in [0.05, 0.1) is 0 Å². The van der Waals surface area contributed by atoms with Crippen molar-refractivity contribution in [1.82, 2.24) is 0 Å². The second-order valence-electron chi connectivity index (χ2n) is 6.56. The van der Waals surface area contributed by atoms with Gasteiger partial charge in [-0.3, -0.25) is 0 Å². The molecule has 5 nitrogen and oxygen atoms in total. The van der Waals surface area contributed by atoms with Crippen LogP contribution in [-0.4, -0.2) is 34.3 Å². The average Bonchev–Trinajstić information content (AvgIpc) is 2.64. The highest BCUT2D eigenvalue weighted by Crippen LogP contribution is 2.36. The number of rotatable bonds is 5. The molecule has 7 heteroatoms. The summed E-state index contributed by atoms with van der Waals surface area (Å²) in [6.07, 6.45) is 0. The van der Waals surface area contributed by atoms with Crippen LogP contribution in [0.25, 0.3) is 0 Å². The Morgan fingerprint density at radius 3 is 1.44 bits per heavy atom. The second-order valence-corrected chi connectivity index (χ2v) is 6.56. The molecule has 0 unspecified atom stereocenters. The fraction of sp³-hybridized carbons (Fsp3) is 0.100. The molecule has 0 saturated carbocycles. The van der Waals surface area contributed by atoms with Gasteiger partial charge in [-0.25, -0.2) is 0 Å². The summed E-state index contributed by atoms with van der Waals surface area (Å²) in [6.45, 7) is 4.07. The Morgan fingerprint density at radius 2 is 1.07 bits per heavy atom. The van der Waals surface area contributed by atoms with Gasteiger partial charge in [0.15, 0.2) is 0 Å². The zero-order valence-electron chi connectivity index (χ0n) is 15.2. The van der Waals surface area contributed by atoms with Crippen LogP contribution < -0.4 is 15.8 Å². The lowest BCUT2D eigenvalue weighted by molar-refractivity contribution is 0.424. The third kappa shape index (κ3) is 4.23. The maximum absolute atomic E-state index is 9.34. The topological polar surface area (TPSA) is 84.2 Å². The number of hydrogen-bond acceptors (Lipinski definition) is 5. The van der Waals surface area contributed by atoms with E-state index in [9.17, 15) is 20.1 Å². The molecule has 0 bridgehead atoms. The maximum atomic E-state index is 9.34. The predicted molar refractivity (Wildman–Crippen MR) is 110 cm³/mol. The van der Waals surface area contributed by atoms with Crippen molar-refractivity contribution in [2.45, 2.75) is 13.8 Å². The first kappa shape index (κ1) is 19.2. The van der Waals surface area contributed by atoms with Crippen LogP contribution in [0, 0.1) is 13.8 Å². The summed E-state index contributed by atoms with van der Waals surface area (Å²) in [5.41, 5.74) is 5.76. The van der Waals surface area contributed by atoms with Crippen LogP contribution >= 0.6 is 0 Å². The van der Waals surface area contributed by atoms with Gasteiger partial charge in [0.25, 0.3) is 0 Å². The molecule has 0 aromatic heterocycles. The Kier molecular flexibility index (Phi) is 5.68. The molecule has 0 saturated heterocycles. The van der Waals surface area contributed by atoms with Crippen LogP contribution in [0.1, 0.15) is 11.1 Å². The summed E-state index contributed by atoms with van der Waals surface area (Å²) in [7, 11) is -3.03. The molecule has 0 amide bonds. The summed E-state index contributed by atoms with van der Waals surface area (Å²) in [4.78, 5) is 2.04. The fourth-order valence-electron chi connectivity index (χ4n) is 3.07. The summed E-state index contributed by atoms with van der Waals surface area (Å²) >= 11 is 0. The van der Waals surface area contributed by atoms with Crippen molar-refractivity contribution in [3.63, 3.8) is 0 Å². The van der Waals surface area contributed by atoms with Crippen LogP contribution in [0.5, 0.6) is 0 Å². The molecule has 0 aliphatic carbocycles. The van der Waals surface area contributed by atoms with Gasteiger partial charge < -0.3 is 25.0 Å². The van der Waals surface area contributed by atoms with Crippen LogP contribution in [0.2, 0.25) is 0 Å². The van der Waals surface area contributed by atoms with E-state index in [1.54, 1.807) is 24.3 Å². The lowest BCUT2D eigenvalue weighted by Crippen LogP contribution is -2.30. The smallest absolute Gasteiger partial charge is 0.423 e. The Labute approximate surface area is 159 Å². The molecule has 0 fully saturated rings. The molecule has 4 N–H and O–H groups in total. The Hall–Kier alpha value is -2.57. The second kappa shape index (κ2) is 7.98. The van der Waals surface area contributed by atoms with Gasteiger partial charge in [0.1, 0.15) is 0 Å². The van der Waals surface area contributed by atoms with Crippen molar-refractivity contribution in [3.8, 4) is 0 Å². The first-order chi connectivity index (χ1) is 12.9. The van der Waals surface area contributed by atoms with E-state index in [0.717, 1.165) is 28.2 Å². The van der Waals surface area contributed by atoms with E-state index in [2.05, 4.69) is 6.07 Å². The third-order valence-electron chi connectivity index (χ3n) is 4.49. The first-order valence-corrected chi connectivity index (χ1v) is 8.66.